The number of amides is 1. The summed E-state index contributed by atoms with van der Waals surface area (Å²) in [6.45, 7) is 1.20. The molecule has 6 rings (SSSR count). The lowest BCUT2D eigenvalue weighted by Crippen LogP contribution is -2.36. The second kappa shape index (κ2) is 8.71. The van der Waals surface area contributed by atoms with Gasteiger partial charge in [-0.1, -0.05) is 12.1 Å². The number of methoxy groups -OCH3 is 1. The van der Waals surface area contributed by atoms with E-state index in [4.69, 9.17) is 15.2 Å². The van der Waals surface area contributed by atoms with Gasteiger partial charge in [0.1, 0.15) is 35.7 Å². The Bertz CT molecular complexity index is 1240. The molecule has 2 aliphatic heterocycles. The van der Waals surface area contributed by atoms with Gasteiger partial charge in [0, 0.05) is 24.3 Å². The van der Waals surface area contributed by atoms with Crippen LogP contribution < -0.4 is 15.8 Å². The molecular formula is C26H31N5O4. The highest BCUT2D eigenvalue weighted by atomic mass is 16.6. The highest BCUT2D eigenvalue weighted by molar-refractivity contribution is 6.00. The van der Waals surface area contributed by atoms with Crippen LogP contribution in [0.1, 0.15) is 44.6 Å². The fourth-order valence-corrected chi connectivity index (χ4v) is 5.85. The fraction of sp³-hybridized carbons (Fsp3) is 0.500. The Morgan fingerprint density at radius 3 is 2.86 bits per heavy atom. The van der Waals surface area contributed by atoms with Crippen molar-refractivity contribution in [3.8, 4) is 16.9 Å². The van der Waals surface area contributed by atoms with Gasteiger partial charge in [0.2, 0.25) is 0 Å². The SMILES string of the molecule is COC(=O)NCC1CC(n2cc(-c3cccc(OCC45CCC(CC4)O5)c3)c3c(N)ncnc32)C1. The number of fused-ring (bicyclic) bond motifs is 3. The lowest BCUT2D eigenvalue weighted by atomic mass is 9.80. The molecule has 0 radical (unpaired) electrons. The number of carbonyl (C=O) groups excluding carboxylic acids is 1. The first-order valence-corrected chi connectivity index (χ1v) is 12.4. The minimum absolute atomic E-state index is 0.113. The van der Waals surface area contributed by atoms with Gasteiger partial charge in [0.15, 0.2) is 0 Å². The molecule has 3 fully saturated rings. The van der Waals surface area contributed by atoms with E-state index in [9.17, 15) is 4.79 Å². The molecule has 3 aliphatic rings. The monoisotopic (exact) mass is 477 g/mol. The third kappa shape index (κ3) is 4.07. The molecule has 2 saturated heterocycles. The Hall–Kier alpha value is -3.33. The minimum Gasteiger partial charge on any atom is -0.491 e. The van der Waals surface area contributed by atoms with Crippen LogP contribution in [0.15, 0.2) is 36.8 Å². The number of anilines is 1. The standard InChI is InChI=1S/C26H31N5O4/c1-33-25(32)28-12-16-9-18(10-16)31-13-21(22-23(27)29-15-30-24(22)31)17-3-2-4-20(11-17)34-14-26-7-5-19(35-26)6-8-26/h2-4,11,13,15-16,18-19H,5-10,12,14H2,1H3,(H,28,32)(H2,27,29,30). The summed E-state index contributed by atoms with van der Waals surface area (Å²) in [7, 11) is 1.38. The summed E-state index contributed by atoms with van der Waals surface area (Å²) in [5.74, 6) is 1.70. The van der Waals surface area contributed by atoms with Gasteiger partial charge in [-0.3, -0.25) is 0 Å². The highest BCUT2D eigenvalue weighted by Crippen LogP contribution is 2.45. The number of ether oxygens (including phenoxy) is 3. The van der Waals surface area contributed by atoms with Crippen molar-refractivity contribution in [1.82, 2.24) is 19.9 Å². The van der Waals surface area contributed by atoms with Gasteiger partial charge in [0.05, 0.1) is 18.6 Å². The Balaban J connectivity index is 1.23. The minimum atomic E-state index is -0.392. The van der Waals surface area contributed by atoms with Gasteiger partial charge >= 0.3 is 6.09 Å². The number of alkyl carbamates (subject to hydrolysis) is 1. The van der Waals surface area contributed by atoms with E-state index in [0.717, 1.165) is 66.4 Å². The number of rotatable bonds is 7. The van der Waals surface area contributed by atoms with Gasteiger partial charge in [0.25, 0.3) is 0 Å². The van der Waals surface area contributed by atoms with E-state index in [1.54, 1.807) is 0 Å². The molecule has 1 aromatic carbocycles. The summed E-state index contributed by atoms with van der Waals surface area (Å²) in [6.07, 6.45) is 10.0. The molecule has 1 amide bonds. The number of nitrogens with two attached hydrogens (primary N) is 1. The van der Waals surface area contributed by atoms with E-state index in [0.29, 0.717) is 37.0 Å². The van der Waals surface area contributed by atoms with Crippen molar-refractivity contribution in [2.75, 3.05) is 26.0 Å². The number of hydrogen-bond acceptors (Lipinski definition) is 7. The zero-order valence-corrected chi connectivity index (χ0v) is 19.9. The summed E-state index contributed by atoms with van der Waals surface area (Å²) in [6, 6.07) is 8.42. The lowest BCUT2D eigenvalue weighted by molar-refractivity contribution is -0.0198. The van der Waals surface area contributed by atoms with Gasteiger partial charge in [-0.05, 0) is 62.1 Å². The quantitative estimate of drug-likeness (QED) is 0.527. The third-order valence-corrected chi connectivity index (χ3v) is 7.87. The van der Waals surface area contributed by atoms with Crippen molar-refractivity contribution in [3.63, 3.8) is 0 Å². The van der Waals surface area contributed by atoms with Crippen molar-refractivity contribution in [2.24, 2.45) is 5.92 Å². The zero-order valence-electron chi connectivity index (χ0n) is 19.9. The predicted molar refractivity (Wildman–Crippen MR) is 131 cm³/mol. The van der Waals surface area contributed by atoms with Crippen molar-refractivity contribution in [3.05, 3.63) is 36.8 Å². The maximum Gasteiger partial charge on any atom is 0.406 e. The molecule has 3 aromatic rings. The molecule has 2 bridgehead atoms. The molecule has 9 nitrogen and oxygen atoms in total. The zero-order chi connectivity index (χ0) is 24.0. The van der Waals surface area contributed by atoms with Crippen LogP contribution >= 0.6 is 0 Å². The maximum atomic E-state index is 11.4. The third-order valence-electron chi connectivity index (χ3n) is 7.87. The van der Waals surface area contributed by atoms with Gasteiger partial charge in [-0.15, -0.1) is 0 Å². The van der Waals surface area contributed by atoms with Crippen LogP contribution in [0.25, 0.3) is 22.2 Å². The lowest BCUT2D eigenvalue weighted by Gasteiger charge is -2.36. The highest BCUT2D eigenvalue weighted by Gasteiger charge is 2.46. The first kappa shape index (κ1) is 22.2. The predicted octanol–water partition coefficient (Wildman–Crippen LogP) is 4.08. The molecule has 0 unspecified atom stereocenters. The summed E-state index contributed by atoms with van der Waals surface area (Å²) in [5, 5.41) is 3.65. The number of nitrogens with zero attached hydrogens (tertiary/aromatic N) is 3. The van der Waals surface area contributed by atoms with Crippen LogP contribution in [-0.4, -0.2) is 52.6 Å². The molecule has 1 aliphatic carbocycles. The van der Waals surface area contributed by atoms with Crippen LogP contribution in [-0.2, 0) is 9.47 Å². The Morgan fingerprint density at radius 1 is 1.29 bits per heavy atom. The van der Waals surface area contributed by atoms with Crippen molar-refractivity contribution in [2.45, 2.75) is 56.3 Å². The van der Waals surface area contributed by atoms with Crippen LogP contribution in [0.2, 0.25) is 0 Å². The maximum absolute atomic E-state index is 11.4. The topological polar surface area (TPSA) is 114 Å². The fourth-order valence-electron chi connectivity index (χ4n) is 5.85. The number of carbonyl (C=O) groups is 1. The van der Waals surface area contributed by atoms with E-state index in [1.165, 1.54) is 13.4 Å². The molecular weight excluding hydrogens is 446 g/mol. The average molecular weight is 478 g/mol. The Kier molecular flexibility index (Phi) is 5.51. The number of nitrogens with one attached hydrogen (secondary N) is 1. The largest absolute Gasteiger partial charge is 0.491 e. The number of aromatic nitrogens is 3. The first-order chi connectivity index (χ1) is 17.0. The van der Waals surface area contributed by atoms with E-state index >= 15 is 0 Å². The van der Waals surface area contributed by atoms with Crippen LogP contribution in [0.3, 0.4) is 0 Å². The Labute approximate surface area is 204 Å². The second-order valence-corrected chi connectivity index (χ2v) is 10.1. The van der Waals surface area contributed by atoms with Crippen molar-refractivity contribution >= 4 is 22.9 Å². The van der Waals surface area contributed by atoms with E-state index in [1.807, 2.05) is 12.1 Å². The summed E-state index contributed by atoms with van der Waals surface area (Å²) < 4.78 is 19.3. The van der Waals surface area contributed by atoms with Gasteiger partial charge < -0.3 is 29.8 Å². The summed E-state index contributed by atoms with van der Waals surface area (Å²) in [5.41, 5.74) is 9.07. The molecule has 1 saturated carbocycles. The molecule has 3 N–H and O–H groups in total. The van der Waals surface area contributed by atoms with Gasteiger partial charge in [-0.2, -0.15) is 0 Å². The van der Waals surface area contributed by atoms with Crippen LogP contribution in [0.4, 0.5) is 10.6 Å². The molecule has 2 aromatic heterocycles. The number of benzene rings is 1. The summed E-state index contributed by atoms with van der Waals surface area (Å²) >= 11 is 0. The molecule has 35 heavy (non-hydrogen) atoms. The van der Waals surface area contributed by atoms with Crippen LogP contribution in [0.5, 0.6) is 5.75 Å². The van der Waals surface area contributed by atoms with Crippen LogP contribution in [0, 0.1) is 5.92 Å². The molecule has 9 heteroatoms. The van der Waals surface area contributed by atoms with Crippen molar-refractivity contribution in [1.29, 1.82) is 0 Å². The first-order valence-electron chi connectivity index (χ1n) is 12.4. The van der Waals surface area contributed by atoms with E-state index < -0.39 is 6.09 Å². The summed E-state index contributed by atoms with van der Waals surface area (Å²) in [4.78, 5) is 20.2. The molecule has 0 atom stereocenters. The van der Waals surface area contributed by atoms with Gasteiger partial charge in [-0.25, -0.2) is 14.8 Å². The Morgan fingerprint density at radius 2 is 2.11 bits per heavy atom. The molecule has 184 valence electrons. The van der Waals surface area contributed by atoms with Crippen molar-refractivity contribution < 1.29 is 19.0 Å². The molecule has 4 heterocycles. The van der Waals surface area contributed by atoms with E-state index in [2.05, 4.69) is 42.9 Å². The molecule has 0 spiro atoms. The normalized spacial score (nSPS) is 27.1. The average Bonchev–Trinajstić information content (AvgIpc) is 3.56. The smallest absolute Gasteiger partial charge is 0.406 e. The second-order valence-electron chi connectivity index (χ2n) is 10.1. The number of nitrogen functional groups attached to an aromatic ring is 1. The number of hydrogen-bond donors (Lipinski definition) is 2. The van der Waals surface area contributed by atoms with E-state index in [-0.39, 0.29) is 5.60 Å².